The second-order valence-electron chi connectivity index (χ2n) is 6.44. The lowest BCUT2D eigenvalue weighted by Crippen LogP contribution is -2.46. The summed E-state index contributed by atoms with van der Waals surface area (Å²) in [6.07, 6.45) is -0.120. The molecule has 0 radical (unpaired) electrons. The summed E-state index contributed by atoms with van der Waals surface area (Å²) in [5.41, 5.74) is -1.55. The van der Waals surface area contributed by atoms with E-state index in [4.69, 9.17) is 0 Å². The molecule has 0 bridgehead atoms. The molecule has 8 nitrogen and oxygen atoms in total. The molecular weight excluding hydrogens is 330 g/mol. The van der Waals surface area contributed by atoms with Gasteiger partial charge in [-0.2, -0.15) is 0 Å². The van der Waals surface area contributed by atoms with E-state index in [0.717, 1.165) is 19.2 Å². The van der Waals surface area contributed by atoms with E-state index in [-0.39, 0.29) is 17.7 Å². The molecule has 1 atom stereocenters. The van der Waals surface area contributed by atoms with Crippen LogP contribution in [0, 0.1) is 21.4 Å². The molecule has 0 aromatic heterocycles. The number of carbonyl (C=O) groups is 3. The van der Waals surface area contributed by atoms with Crippen molar-refractivity contribution in [3.8, 4) is 0 Å². The van der Waals surface area contributed by atoms with Crippen LogP contribution in [0.1, 0.15) is 25.8 Å². The lowest BCUT2D eigenvalue weighted by molar-refractivity contribution is -0.384. The van der Waals surface area contributed by atoms with E-state index in [9.17, 15) is 29.6 Å². The van der Waals surface area contributed by atoms with Crippen LogP contribution in [0.5, 0.6) is 0 Å². The minimum Gasteiger partial charge on any atom is -0.506 e. The average molecular weight is 347 g/mol. The summed E-state index contributed by atoms with van der Waals surface area (Å²) in [5.74, 6) is -4.01. The molecule has 8 heteroatoms. The molecular formula is C17H17NO7. The highest BCUT2D eigenvalue weighted by atomic mass is 16.6. The molecule has 1 fully saturated rings. The molecule has 25 heavy (non-hydrogen) atoms. The fraction of sp³-hybridized carbons (Fsp3) is 0.353. The van der Waals surface area contributed by atoms with Crippen LogP contribution >= 0.6 is 0 Å². The largest absolute Gasteiger partial charge is 0.506 e. The van der Waals surface area contributed by atoms with E-state index in [2.05, 4.69) is 4.74 Å². The molecule has 0 unspecified atom stereocenters. The number of methoxy groups -OCH3 is 1. The Kier molecular flexibility index (Phi) is 4.73. The lowest BCUT2D eigenvalue weighted by Gasteiger charge is -2.35. The summed E-state index contributed by atoms with van der Waals surface area (Å²) in [4.78, 5) is 47.1. The van der Waals surface area contributed by atoms with Crippen LogP contribution in [-0.2, 0) is 19.1 Å². The third kappa shape index (κ3) is 3.28. The summed E-state index contributed by atoms with van der Waals surface area (Å²) >= 11 is 0. The standard InChI is InChI=1S/C17H17NO7/c1-17(2)8-11(19)12(15(21)13(17)16(22)25-3)14(20)9-4-6-10(7-5-9)18(23)24/h4-7,13,20H,8H2,1-3H3/t13-/m1/s1. The number of carbonyl (C=O) groups excluding carboxylic acids is 3. The lowest BCUT2D eigenvalue weighted by atomic mass is 9.65. The van der Waals surface area contributed by atoms with E-state index in [0.29, 0.717) is 0 Å². The van der Waals surface area contributed by atoms with Gasteiger partial charge in [-0.1, -0.05) is 13.8 Å². The van der Waals surface area contributed by atoms with Gasteiger partial charge in [0.15, 0.2) is 11.6 Å². The second kappa shape index (κ2) is 6.46. The number of nitro groups is 1. The molecule has 1 aliphatic carbocycles. The number of benzene rings is 1. The Morgan fingerprint density at radius 1 is 1.28 bits per heavy atom. The van der Waals surface area contributed by atoms with Gasteiger partial charge < -0.3 is 9.84 Å². The molecule has 0 saturated heterocycles. The van der Waals surface area contributed by atoms with E-state index in [1.807, 2.05) is 0 Å². The van der Waals surface area contributed by atoms with Gasteiger partial charge in [-0.15, -0.1) is 0 Å². The van der Waals surface area contributed by atoms with Crippen molar-refractivity contribution in [1.82, 2.24) is 0 Å². The fourth-order valence-electron chi connectivity index (χ4n) is 2.92. The van der Waals surface area contributed by atoms with Crippen molar-refractivity contribution in [2.45, 2.75) is 20.3 Å². The van der Waals surface area contributed by atoms with Gasteiger partial charge in [0.05, 0.1) is 12.0 Å². The summed E-state index contributed by atoms with van der Waals surface area (Å²) in [5, 5.41) is 21.1. The Bertz CT molecular complexity index is 790. The number of rotatable bonds is 3. The Hall–Kier alpha value is -3.03. The van der Waals surface area contributed by atoms with Crippen LogP contribution in [0.4, 0.5) is 5.69 Å². The number of esters is 1. The first-order chi connectivity index (χ1) is 11.6. The molecule has 1 aliphatic rings. The summed E-state index contributed by atoms with van der Waals surface area (Å²) in [6.45, 7) is 3.20. The van der Waals surface area contributed by atoms with Crippen molar-refractivity contribution in [2.75, 3.05) is 7.11 Å². The van der Waals surface area contributed by atoms with Crippen LogP contribution in [0.25, 0.3) is 5.76 Å². The number of allylic oxidation sites excluding steroid dienone is 1. The van der Waals surface area contributed by atoms with Gasteiger partial charge in [-0.3, -0.25) is 24.5 Å². The number of hydrogen-bond acceptors (Lipinski definition) is 7. The van der Waals surface area contributed by atoms with Crippen LogP contribution in [0.15, 0.2) is 29.8 Å². The van der Waals surface area contributed by atoms with Gasteiger partial charge in [0, 0.05) is 24.1 Å². The quantitative estimate of drug-likeness (QED) is 0.169. The number of aliphatic hydroxyl groups excluding tert-OH is 1. The van der Waals surface area contributed by atoms with Crippen LogP contribution in [-0.4, -0.2) is 34.7 Å². The Morgan fingerprint density at radius 3 is 2.32 bits per heavy atom. The van der Waals surface area contributed by atoms with E-state index < -0.39 is 45.1 Å². The SMILES string of the molecule is COC(=O)[C@H]1C(=O)C(=C(O)c2ccc([N+](=O)[O-])cc2)C(=O)CC1(C)C. The van der Waals surface area contributed by atoms with E-state index in [1.165, 1.54) is 12.1 Å². The van der Waals surface area contributed by atoms with Crippen molar-refractivity contribution < 1.29 is 29.2 Å². The molecule has 0 aliphatic heterocycles. The molecule has 0 spiro atoms. The topological polar surface area (TPSA) is 124 Å². The first kappa shape index (κ1) is 18.3. The summed E-state index contributed by atoms with van der Waals surface area (Å²) < 4.78 is 4.66. The van der Waals surface area contributed by atoms with E-state index >= 15 is 0 Å². The second-order valence-corrected chi connectivity index (χ2v) is 6.44. The number of ether oxygens (including phenoxy) is 1. The van der Waals surface area contributed by atoms with Gasteiger partial charge in [-0.25, -0.2) is 0 Å². The zero-order valence-corrected chi connectivity index (χ0v) is 13.9. The molecule has 132 valence electrons. The predicted molar refractivity (Wildman–Crippen MR) is 86.6 cm³/mol. The van der Waals surface area contributed by atoms with Gasteiger partial charge in [0.25, 0.3) is 5.69 Å². The van der Waals surface area contributed by atoms with Gasteiger partial charge >= 0.3 is 5.97 Å². The van der Waals surface area contributed by atoms with Crippen molar-refractivity contribution in [1.29, 1.82) is 0 Å². The molecule has 1 aromatic rings. The Labute approximate surface area is 143 Å². The molecule has 2 rings (SSSR count). The highest BCUT2D eigenvalue weighted by Crippen LogP contribution is 2.41. The molecule has 1 N–H and O–H groups in total. The smallest absolute Gasteiger partial charge is 0.317 e. The highest BCUT2D eigenvalue weighted by Gasteiger charge is 2.50. The summed E-state index contributed by atoms with van der Waals surface area (Å²) in [6, 6.07) is 4.75. The van der Waals surface area contributed by atoms with Gasteiger partial charge in [-0.05, 0) is 17.5 Å². The van der Waals surface area contributed by atoms with Crippen molar-refractivity contribution >= 4 is 29.0 Å². The highest BCUT2D eigenvalue weighted by molar-refractivity contribution is 6.30. The van der Waals surface area contributed by atoms with Crippen molar-refractivity contribution in [3.05, 3.63) is 45.5 Å². The zero-order chi connectivity index (χ0) is 18.9. The van der Waals surface area contributed by atoms with Crippen molar-refractivity contribution in [2.24, 2.45) is 11.3 Å². The van der Waals surface area contributed by atoms with E-state index in [1.54, 1.807) is 13.8 Å². The van der Waals surface area contributed by atoms with Crippen LogP contribution in [0.3, 0.4) is 0 Å². The number of nitro benzene ring substituents is 1. The van der Waals surface area contributed by atoms with Gasteiger partial charge in [0.1, 0.15) is 17.3 Å². The number of aliphatic hydroxyl groups is 1. The maximum Gasteiger partial charge on any atom is 0.317 e. The number of ketones is 2. The number of non-ortho nitro benzene ring substituents is 1. The maximum atomic E-state index is 12.7. The normalized spacial score (nSPS) is 21.6. The maximum absolute atomic E-state index is 12.7. The molecule has 1 saturated carbocycles. The average Bonchev–Trinajstić information content (AvgIpc) is 2.53. The monoisotopic (exact) mass is 347 g/mol. The van der Waals surface area contributed by atoms with Crippen LogP contribution in [0.2, 0.25) is 0 Å². The van der Waals surface area contributed by atoms with Crippen LogP contribution < -0.4 is 0 Å². The molecule has 1 aromatic carbocycles. The third-order valence-electron chi connectivity index (χ3n) is 4.21. The first-order valence-electron chi connectivity index (χ1n) is 7.43. The van der Waals surface area contributed by atoms with Gasteiger partial charge in [0.2, 0.25) is 0 Å². The number of Topliss-reactive ketones (excluding diaryl/α,β-unsaturated/α-hetero) is 2. The Balaban J connectivity index is 2.52. The first-order valence-corrected chi connectivity index (χ1v) is 7.43. The van der Waals surface area contributed by atoms with Crippen molar-refractivity contribution in [3.63, 3.8) is 0 Å². The number of nitrogens with zero attached hydrogens (tertiary/aromatic N) is 1. The minimum atomic E-state index is -1.22. The minimum absolute atomic E-state index is 0.0746. The summed E-state index contributed by atoms with van der Waals surface area (Å²) in [7, 11) is 1.14. The number of hydrogen-bond donors (Lipinski definition) is 1. The zero-order valence-electron chi connectivity index (χ0n) is 13.9. The fourth-order valence-corrected chi connectivity index (χ4v) is 2.92. The molecule has 0 amide bonds. The Morgan fingerprint density at radius 2 is 1.84 bits per heavy atom. The predicted octanol–water partition coefficient (Wildman–Crippen LogP) is 2.22. The molecule has 0 heterocycles. The third-order valence-corrected chi connectivity index (χ3v) is 4.21.